The van der Waals surface area contributed by atoms with Crippen LogP contribution in [0.25, 0.3) is 11.0 Å². The Kier molecular flexibility index (Phi) is 6.44. The molecule has 4 rings (SSSR count). The van der Waals surface area contributed by atoms with Crippen molar-refractivity contribution in [3.05, 3.63) is 52.3 Å². The first kappa shape index (κ1) is 20.6. The Balaban J connectivity index is 1.30. The van der Waals surface area contributed by atoms with Crippen molar-refractivity contribution in [1.29, 1.82) is 0 Å². The van der Waals surface area contributed by atoms with Crippen LogP contribution < -0.4 is 10.6 Å². The number of likely N-dealkylation sites (N-methyl/N-ethyl adjacent to an activating group) is 1. The molecule has 1 aliphatic heterocycles. The van der Waals surface area contributed by atoms with Crippen molar-refractivity contribution in [2.45, 2.75) is 31.8 Å². The highest BCUT2D eigenvalue weighted by Gasteiger charge is 2.27. The summed E-state index contributed by atoms with van der Waals surface area (Å²) in [4.78, 5) is 27.3. The molecule has 30 heavy (non-hydrogen) atoms. The van der Waals surface area contributed by atoms with Crippen molar-refractivity contribution in [3.8, 4) is 0 Å². The maximum absolute atomic E-state index is 12.6. The number of nitrogens with one attached hydrogen (secondary N) is 2. The van der Waals surface area contributed by atoms with Gasteiger partial charge in [0.05, 0.1) is 12.3 Å². The van der Waals surface area contributed by atoms with Gasteiger partial charge in [0, 0.05) is 31.1 Å². The molecule has 2 aromatic heterocycles. The number of carbonyl (C=O) groups is 2. The first-order chi connectivity index (χ1) is 14.6. The average Bonchev–Trinajstić information content (AvgIpc) is 3.35. The Hall–Kier alpha value is -2.71. The molecule has 0 spiro atoms. The number of hydrogen-bond acceptors (Lipinski definition) is 6. The molecule has 8 heteroatoms. The van der Waals surface area contributed by atoms with Crippen LogP contribution in [0.5, 0.6) is 0 Å². The fourth-order valence-corrected chi connectivity index (χ4v) is 4.64. The van der Waals surface area contributed by atoms with Crippen LogP contribution in [0.15, 0.2) is 45.6 Å². The lowest BCUT2D eigenvalue weighted by atomic mass is 10.0. The minimum atomic E-state index is -0.0761. The van der Waals surface area contributed by atoms with Gasteiger partial charge in [0.1, 0.15) is 5.69 Å². The molecule has 0 radical (unpaired) electrons. The van der Waals surface area contributed by atoms with E-state index in [4.69, 9.17) is 4.52 Å². The van der Waals surface area contributed by atoms with E-state index < -0.39 is 0 Å². The number of rotatable bonds is 6. The Labute approximate surface area is 179 Å². The van der Waals surface area contributed by atoms with E-state index in [1.807, 2.05) is 48.1 Å². The fraction of sp³-hybridized carbons (Fsp3) is 0.409. The van der Waals surface area contributed by atoms with Crippen LogP contribution in [0.4, 0.5) is 0 Å². The molecular formula is C22H26N4O3S. The molecule has 7 nitrogen and oxygen atoms in total. The van der Waals surface area contributed by atoms with E-state index in [0.29, 0.717) is 24.4 Å². The molecule has 2 N–H and O–H groups in total. The predicted octanol–water partition coefficient (Wildman–Crippen LogP) is 2.57. The summed E-state index contributed by atoms with van der Waals surface area (Å²) in [6.07, 6.45) is 1.70. The molecule has 0 saturated carbocycles. The molecule has 158 valence electrons. The highest BCUT2D eigenvalue weighted by molar-refractivity contribution is 7.07. The van der Waals surface area contributed by atoms with E-state index in [9.17, 15) is 9.59 Å². The van der Waals surface area contributed by atoms with Gasteiger partial charge in [-0.1, -0.05) is 17.3 Å². The SMILES string of the molecule is CN1C[C@@H](NC(=O)Cc2noc3ccccc23)CC[C@@H](C(=O)NCc2ccsc2)C1. The zero-order valence-corrected chi connectivity index (χ0v) is 17.8. The molecule has 0 unspecified atom stereocenters. The van der Waals surface area contributed by atoms with Crippen LogP contribution in [0, 0.1) is 5.92 Å². The summed E-state index contributed by atoms with van der Waals surface area (Å²) in [6.45, 7) is 1.98. The summed E-state index contributed by atoms with van der Waals surface area (Å²) in [6, 6.07) is 9.57. The lowest BCUT2D eigenvalue weighted by Crippen LogP contribution is -2.42. The number of benzene rings is 1. The largest absolute Gasteiger partial charge is 0.356 e. The predicted molar refractivity (Wildman–Crippen MR) is 116 cm³/mol. The van der Waals surface area contributed by atoms with E-state index in [0.717, 1.165) is 30.3 Å². The minimum absolute atomic E-state index is 0.00957. The van der Waals surface area contributed by atoms with Crippen molar-refractivity contribution < 1.29 is 14.1 Å². The van der Waals surface area contributed by atoms with Gasteiger partial charge in [-0.05, 0) is 54.4 Å². The molecule has 1 aromatic carbocycles. The lowest BCUT2D eigenvalue weighted by molar-refractivity contribution is -0.125. The van der Waals surface area contributed by atoms with Gasteiger partial charge in [0.25, 0.3) is 0 Å². The Morgan fingerprint density at radius 1 is 1.23 bits per heavy atom. The number of carbonyl (C=O) groups excluding carboxylic acids is 2. The molecule has 1 saturated heterocycles. The maximum atomic E-state index is 12.6. The molecule has 2 amide bonds. The Bertz CT molecular complexity index is 1000. The van der Waals surface area contributed by atoms with Crippen molar-refractivity contribution in [3.63, 3.8) is 0 Å². The number of para-hydroxylation sites is 1. The van der Waals surface area contributed by atoms with Gasteiger partial charge in [-0.15, -0.1) is 0 Å². The van der Waals surface area contributed by atoms with Gasteiger partial charge >= 0.3 is 0 Å². The maximum Gasteiger partial charge on any atom is 0.226 e. The third-order valence-corrected chi connectivity index (χ3v) is 6.22. The van der Waals surface area contributed by atoms with Gasteiger partial charge in [-0.2, -0.15) is 11.3 Å². The molecule has 2 atom stereocenters. The number of likely N-dealkylation sites (tertiary alicyclic amines) is 1. The van der Waals surface area contributed by atoms with Gasteiger partial charge < -0.3 is 20.1 Å². The topological polar surface area (TPSA) is 87.5 Å². The summed E-state index contributed by atoms with van der Waals surface area (Å²) in [5, 5.41) is 15.1. The zero-order valence-electron chi connectivity index (χ0n) is 17.0. The Morgan fingerprint density at radius 2 is 2.10 bits per heavy atom. The molecule has 3 aromatic rings. The first-order valence-corrected chi connectivity index (χ1v) is 11.1. The number of nitrogens with zero attached hydrogens (tertiary/aromatic N) is 2. The summed E-state index contributed by atoms with van der Waals surface area (Å²) in [5.74, 6) is -0.0723. The minimum Gasteiger partial charge on any atom is -0.356 e. The summed E-state index contributed by atoms with van der Waals surface area (Å²) < 4.78 is 5.29. The Morgan fingerprint density at radius 3 is 2.93 bits per heavy atom. The van der Waals surface area contributed by atoms with Crippen LogP contribution in [0.2, 0.25) is 0 Å². The smallest absolute Gasteiger partial charge is 0.226 e. The summed E-state index contributed by atoms with van der Waals surface area (Å²) in [5.41, 5.74) is 2.46. The average molecular weight is 427 g/mol. The van der Waals surface area contributed by atoms with E-state index in [2.05, 4.69) is 20.7 Å². The number of amides is 2. The van der Waals surface area contributed by atoms with Gasteiger partial charge in [0.2, 0.25) is 11.8 Å². The van der Waals surface area contributed by atoms with Crippen LogP contribution >= 0.6 is 11.3 Å². The van der Waals surface area contributed by atoms with Crippen molar-refractivity contribution in [2.24, 2.45) is 5.92 Å². The lowest BCUT2D eigenvalue weighted by Gasteiger charge is -2.21. The fourth-order valence-electron chi connectivity index (χ4n) is 3.97. The highest BCUT2D eigenvalue weighted by Crippen LogP contribution is 2.19. The third kappa shape index (κ3) is 5.06. The van der Waals surface area contributed by atoms with Gasteiger partial charge in [0.15, 0.2) is 5.58 Å². The second kappa shape index (κ2) is 9.40. The van der Waals surface area contributed by atoms with Gasteiger partial charge in [-0.3, -0.25) is 9.59 Å². The summed E-state index contributed by atoms with van der Waals surface area (Å²) >= 11 is 1.63. The number of fused-ring (bicyclic) bond motifs is 1. The highest BCUT2D eigenvalue weighted by atomic mass is 32.1. The van der Waals surface area contributed by atoms with E-state index in [-0.39, 0.29) is 30.2 Å². The zero-order chi connectivity index (χ0) is 20.9. The van der Waals surface area contributed by atoms with Gasteiger partial charge in [-0.25, -0.2) is 0 Å². The van der Waals surface area contributed by atoms with Crippen molar-refractivity contribution in [2.75, 3.05) is 20.1 Å². The van der Waals surface area contributed by atoms with Crippen LogP contribution in [-0.4, -0.2) is 48.0 Å². The normalized spacial score (nSPS) is 20.0. The van der Waals surface area contributed by atoms with Crippen molar-refractivity contribution in [1.82, 2.24) is 20.7 Å². The number of hydrogen-bond donors (Lipinski definition) is 2. The summed E-state index contributed by atoms with van der Waals surface area (Å²) in [7, 11) is 1.99. The molecule has 0 bridgehead atoms. The third-order valence-electron chi connectivity index (χ3n) is 5.49. The van der Waals surface area contributed by atoms with E-state index in [1.54, 1.807) is 11.3 Å². The number of thiophene rings is 1. The number of aromatic nitrogens is 1. The first-order valence-electron chi connectivity index (χ1n) is 10.2. The molecule has 1 fully saturated rings. The van der Waals surface area contributed by atoms with Crippen LogP contribution in [-0.2, 0) is 22.6 Å². The molecular weight excluding hydrogens is 400 g/mol. The molecule has 3 heterocycles. The molecule has 1 aliphatic rings. The van der Waals surface area contributed by atoms with E-state index in [1.165, 1.54) is 0 Å². The standard InChI is InChI=1S/C22H26N4O3S/c1-26-12-16(22(28)23-11-15-8-9-30-14-15)6-7-17(13-26)24-21(27)10-19-18-4-2-3-5-20(18)29-25-19/h2-5,8-9,14,16-17H,6-7,10-13H2,1H3,(H,23,28)(H,24,27)/t16-,17+/m1/s1. The van der Waals surface area contributed by atoms with Crippen LogP contribution in [0.1, 0.15) is 24.1 Å². The second-order valence-corrected chi connectivity index (χ2v) is 8.69. The quantitative estimate of drug-likeness (QED) is 0.633. The molecule has 0 aliphatic carbocycles. The second-order valence-electron chi connectivity index (χ2n) is 7.91. The van der Waals surface area contributed by atoms with Crippen molar-refractivity contribution >= 4 is 34.1 Å². The van der Waals surface area contributed by atoms with Crippen LogP contribution in [0.3, 0.4) is 0 Å². The monoisotopic (exact) mass is 426 g/mol. The van der Waals surface area contributed by atoms with E-state index >= 15 is 0 Å².